The van der Waals surface area contributed by atoms with Gasteiger partial charge in [0.25, 0.3) is 0 Å². The van der Waals surface area contributed by atoms with Gasteiger partial charge in [0, 0.05) is 43.0 Å². The smallest absolute Gasteiger partial charge is 0.321 e. The summed E-state index contributed by atoms with van der Waals surface area (Å²) in [6.45, 7) is 3.31. The Morgan fingerprint density at radius 3 is 2.86 bits per heavy atom. The van der Waals surface area contributed by atoms with Crippen LogP contribution in [-0.4, -0.2) is 49.2 Å². The van der Waals surface area contributed by atoms with Crippen LogP contribution < -0.4 is 5.32 Å². The van der Waals surface area contributed by atoms with Crippen LogP contribution in [0, 0.1) is 6.92 Å². The summed E-state index contributed by atoms with van der Waals surface area (Å²) >= 11 is 0. The fourth-order valence-corrected chi connectivity index (χ4v) is 3.50. The second kappa shape index (κ2) is 8.16. The molecule has 0 bridgehead atoms. The Morgan fingerprint density at radius 1 is 1.29 bits per heavy atom. The van der Waals surface area contributed by atoms with E-state index in [4.69, 9.17) is 0 Å². The molecule has 144 valence electrons. The Bertz CT molecular complexity index is 923. The summed E-state index contributed by atoms with van der Waals surface area (Å²) in [5.74, 6) is 1.83. The molecule has 0 aliphatic carbocycles. The Kier molecular flexibility index (Phi) is 5.27. The number of anilines is 1. The number of piperidine rings is 1. The van der Waals surface area contributed by atoms with Crippen LogP contribution in [0.25, 0.3) is 0 Å². The highest BCUT2D eigenvalue weighted by atomic mass is 16.2. The summed E-state index contributed by atoms with van der Waals surface area (Å²) in [4.78, 5) is 27.2. The largest absolute Gasteiger partial charge is 0.324 e. The molecule has 28 heavy (non-hydrogen) atoms. The van der Waals surface area contributed by atoms with E-state index in [-0.39, 0.29) is 11.9 Å². The Labute approximate surface area is 163 Å². The zero-order valence-electron chi connectivity index (χ0n) is 15.8. The fraction of sp³-hybridized carbons (Fsp3) is 0.350. The van der Waals surface area contributed by atoms with Crippen molar-refractivity contribution in [2.75, 3.05) is 18.4 Å². The number of aromatic nitrogens is 5. The van der Waals surface area contributed by atoms with Crippen LogP contribution in [-0.2, 0) is 6.42 Å². The Morgan fingerprint density at radius 2 is 2.14 bits per heavy atom. The van der Waals surface area contributed by atoms with E-state index in [1.807, 2.05) is 42.2 Å². The maximum absolute atomic E-state index is 12.7. The van der Waals surface area contributed by atoms with Crippen molar-refractivity contribution in [2.45, 2.75) is 32.1 Å². The number of benzene rings is 1. The molecule has 1 fully saturated rings. The third-order valence-corrected chi connectivity index (χ3v) is 4.94. The SMILES string of the molecule is Cc1nc(Cc2ccc(NC(=O)N3CCC[C@@H](c4ccncn4)C3)cc2)n[nH]1. The standard InChI is InChI=1S/C20H23N7O/c1-14-23-19(26-25-14)11-15-4-6-17(7-5-15)24-20(28)27-10-2-3-16(12-27)18-8-9-21-13-22-18/h4-9,13,16H,2-3,10-12H2,1H3,(H,24,28)(H,23,25,26)/t16-/m1/s1. The fourth-order valence-electron chi connectivity index (χ4n) is 3.50. The average Bonchev–Trinajstić information content (AvgIpc) is 3.15. The second-order valence-electron chi connectivity index (χ2n) is 7.06. The quantitative estimate of drug-likeness (QED) is 0.728. The normalized spacial score (nSPS) is 16.8. The van der Waals surface area contributed by atoms with Gasteiger partial charge in [0.15, 0.2) is 5.82 Å². The number of nitrogens with zero attached hydrogens (tertiary/aromatic N) is 5. The molecule has 3 heterocycles. The molecule has 4 rings (SSSR count). The summed E-state index contributed by atoms with van der Waals surface area (Å²) in [5.41, 5.74) is 2.88. The monoisotopic (exact) mass is 377 g/mol. The molecule has 1 aliphatic heterocycles. The lowest BCUT2D eigenvalue weighted by molar-refractivity contribution is 0.192. The van der Waals surface area contributed by atoms with Gasteiger partial charge in [0.05, 0.1) is 0 Å². The van der Waals surface area contributed by atoms with Crippen LogP contribution in [0.4, 0.5) is 10.5 Å². The number of likely N-dealkylation sites (tertiary alicyclic amines) is 1. The first-order valence-electron chi connectivity index (χ1n) is 9.46. The molecule has 3 aromatic rings. The van der Waals surface area contributed by atoms with E-state index in [0.29, 0.717) is 13.0 Å². The second-order valence-corrected chi connectivity index (χ2v) is 7.06. The number of aryl methyl sites for hydroxylation is 1. The third kappa shape index (κ3) is 4.33. The molecule has 2 N–H and O–H groups in total. The highest BCUT2D eigenvalue weighted by Crippen LogP contribution is 2.25. The number of rotatable bonds is 4. The minimum absolute atomic E-state index is 0.0731. The first kappa shape index (κ1) is 18.1. The molecule has 0 spiro atoms. The molecule has 1 atom stereocenters. The van der Waals surface area contributed by atoms with Crippen LogP contribution in [0.5, 0.6) is 0 Å². The van der Waals surface area contributed by atoms with Crippen molar-refractivity contribution in [2.24, 2.45) is 0 Å². The first-order valence-corrected chi connectivity index (χ1v) is 9.46. The maximum atomic E-state index is 12.7. The highest BCUT2D eigenvalue weighted by molar-refractivity contribution is 5.89. The van der Waals surface area contributed by atoms with Crippen LogP contribution in [0.15, 0.2) is 42.9 Å². The van der Waals surface area contributed by atoms with Gasteiger partial charge in [-0.1, -0.05) is 12.1 Å². The van der Waals surface area contributed by atoms with Gasteiger partial charge < -0.3 is 10.2 Å². The van der Waals surface area contributed by atoms with Gasteiger partial charge in [-0.15, -0.1) is 0 Å². The van der Waals surface area contributed by atoms with Gasteiger partial charge in [0.1, 0.15) is 12.2 Å². The molecule has 1 aliphatic rings. The zero-order valence-corrected chi connectivity index (χ0v) is 15.8. The summed E-state index contributed by atoms with van der Waals surface area (Å²) in [6, 6.07) is 9.66. The number of urea groups is 1. The predicted molar refractivity (Wildman–Crippen MR) is 105 cm³/mol. The number of hydrogen-bond acceptors (Lipinski definition) is 5. The minimum atomic E-state index is -0.0731. The molecule has 2 amide bonds. The predicted octanol–water partition coefficient (Wildman–Crippen LogP) is 2.91. The Hall–Kier alpha value is -3.29. The number of aromatic amines is 1. The van der Waals surface area contributed by atoms with Crippen LogP contribution in [0.1, 0.15) is 41.7 Å². The molecule has 8 heteroatoms. The number of hydrogen-bond donors (Lipinski definition) is 2. The van der Waals surface area contributed by atoms with Gasteiger partial charge in [-0.25, -0.2) is 19.7 Å². The molecule has 0 saturated carbocycles. The van der Waals surface area contributed by atoms with Crippen LogP contribution in [0.2, 0.25) is 0 Å². The number of carbonyl (C=O) groups excluding carboxylic acids is 1. The summed E-state index contributed by atoms with van der Waals surface area (Å²) < 4.78 is 0. The van der Waals surface area contributed by atoms with E-state index in [9.17, 15) is 4.79 Å². The van der Waals surface area contributed by atoms with Crippen molar-refractivity contribution in [1.29, 1.82) is 0 Å². The van der Waals surface area contributed by atoms with Gasteiger partial charge >= 0.3 is 6.03 Å². The van der Waals surface area contributed by atoms with Gasteiger partial charge in [-0.05, 0) is 43.5 Å². The van der Waals surface area contributed by atoms with Crippen molar-refractivity contribution in [1.82, 2.24) is 30.0 Å². The molecule has 0 radical (unpaired) electrons. The topological polar surface area (TPSA) is 99.7 Å². The molecule has 2 aromatic heterocycles. The lowest BCUT2D eigenvalue weighted by Crippen LogP contribution is -2.41. The molecule has 8 nitrogen and oxygen atoms in total. The molecule has 1 saturated heterocycles. The molecular weight excluding hydrogens is 354 g/mol. The molecule has 1 aromatic carbocycles. The third-order valence-electron chi connectivity index (χ3n) is 4.94. The number of nitrogens with one attached hydrogen (secondary N) is 2. The van der Waals surface area contributed by atoms with Gasteiger partial charge in [0.2, 0.25) is 0 Å². The number of amides is 2. The number of H-pyrrole nitrogens is 1. The van der Waals surface area contributed by atoms with Crippen molar-refractivity contribution < 1.29 is 4.79 Å². The first-order chi connectivity index (χ1) is 13.7. The summed E-state index contributed by atoms with van der Waals surface area (Å²) in [6.07, 6.45) is 5.98. The highest BCUT2D eigenvalue weighted by Gasteiger charge is 2.25. The average molecular weight is 377 g/mol. The maximum Gasteiger partial charge on any atom is 0.321 e. The van der Waals surface area contributed by atoms with E-state index in [2.05, 4.69) is 30.5 Å². The zero-order chi connectivity index (χ0) is 19.3. The van der Waals surface area contributed by atoms with Crippen molar-refractivity contribution in [3.05, 3.63) is 65.8 Å². The van der Waals surface area contributed by atoms with E-state index >= 15 is 0 Å². The van der Waals surface area contributed by atoms with Gasteiger partial charge in [-0.3, -0.25) is 5.10 Å². The van der Waals surface area contributed by atoms with E-state index in [1.165, 1.54) is 0 Å². The molecular formula is C20H23N7O. The summed E-state index contributed by atoms with van der Waals surface area (Å²) in [7, 11) is 0. The lowest BCUT2D eigenvalue weighted by Gasteiger charge is -2.32. The van der Waals surface area contributed by atoms with E-state index in [1.54, 1.807) is 12.5 Å². The minimum Gasteiger partial charge on any atom is -0.324 e. The van der Waals surface area contributed by atoms with Crippen LogP contribution in [0.3, 0.4) is 0 Å². The van der Waals surface area contributed by atoms with Gasteiger partial charge in [-0.2, -0.15) is 5.10 Å². The molecule has 0 unspecified atom stereocenters. The Balaban J connectivity index is 1.35. The lowest BCUT2D eigenvalue weighted by atomic mass is 9.95. The van der Waals surface area contributed by atoms with Crippen molar-refractivity contribution >= 4 is 11.7 Å². The van der Waals surface area contributed by atoms with Crippen molar-refractivity contribution in [3.8, 4) is 0 Å². The van der Waals surface area contributed by atoms with E-state index in [0.717, 1.165) is 48.0 Å². The summed E-state index contributed by atoms with van der Waals surface area (Å²) in [5, 5.41) is 10.00. The van der Waals surface area contributed by atoms with Crippen LogP contribution >= 0.6 is 0 Å². The van der Waals surface area contributed by atoms with Crippen molar-refractivity contribution in [3.63, 3.8) is 0 Å². The number of carbonyl (C=O) groups is 1. The van der Waals surface area contributed by atoms with E-state index < -0.39 is 0 Å².